The number of hydrogen-bond donors (Lipinski definition) is 1. The van der Waals surface area contributed by atoms with Gasteiger partial charge in [-0.3, -0.25) is 14.4 Å². The summed E-state index contributed by atoms with van der Waals surface area (Å²) in [6.45, 7) is 2.23. The third-order valence-electron chi connectivity index (χ3n) is 4.22. The largest absolute Gasteiger partial charge is 0.382 e. The molecule has 0 saturated carbocycles. The van der Waals surface area contributed by atoms with Gasteiger partial charge >= 0.3 is 0 Å². The van der Waals surface area contributed by atoms with E-state index in [9.17, 15) is 4.79 Å². The lowest BCUT2D eigenvalue weighted by molar-refractivity contribution is -0.134. The molecule has 0 aromatic carbocycles. The Kier molecular flexibility index (Phi) is 4.77. The van der Waals surface area contributed by atoms with E-state index in [2.05, 4.69) is 15.3 Å². The summed E-state index contributed by atoms with van der Waals surface area (Å²) >= 11 is 0. The first-order valence-electron chi connectivity index (χ1n) is 7.07. The van der Waals surface area contributed by atoms with E-state index in [4.69, 9.17) is 4.74 Å². The molecule has 20 heavy (non-hydrogen) atoms. The summed E-state index contributed by atoms with van der Waals surface area (Å²) in [7, 11) is 5.29. The molecular formula is C14H24N4O2. The van der Waals surface area contributed by atoms with Crippen LogP contribution >= 0.6 is 0 Å². The average Bonchev–Trinajstić information content (AvgIpc) is 3.03. The summed E-state index contributed by atoms with van der Waals surface area (Å²) in [5, 5.41) is 6.97. The van der Waals surface area contributed by atoms with Crippen LogP contribution in [0.25, 0.3) is 0 Å². The number of aryl methyl sites for hydroxylation is 1. The molecule has 1 aromatic heterocycles. The molecule has 6 heteroatoms. The van der Waals surface area contributed by atoms with E-state index in [0.29, 0.717) is 6.61 Å². The van der Waals surface area contributed by atoms with Gasteiger partial charge in [-0.1, -0.05) is 0 Å². The molecule has 2 heterocycles. The predicted octanol–water partition coefficient (Wildman–Crippen LogP) is 0.190. The first kappa shape index (κ1) is 15.0. The summed E-state index contributed by atoms with van der Waals surface area (Å²) in [6, 6.07) is 2.02. The van der Waals surface area contributed by atoms with Crippen LogP contribution in [0.3, 0.4) is 0 Å². The number of carbonyl (C=O) groups excluding carboxylic acids is 1. The van der Waals surface area contributed by atoms with E-state index >= 15 is 0 Å². The van der Waals surface area contributed by atoms with Crippen LogP contribution in [0.2, 0.25) is 0 Å². The molecule has 0 aliphatic carbocycles. The third kappa shape index (κ3) is 2.71. The van der Waals surface area contributed by atoms with E-state index in [1.54, 1.807) is 20.4 Å². The highest BCUT2D eigenvalue weighted by atomic mass is 16.5. The van der Waals surface area contributed by atoms with Gasteiger partial charge in [-0.05, 0) is 25.5 Å². The van der Waals surface area contributed by atoms with Gasteiger partial charge in [0.05, 0.1) is 6.61 Å². The first-order valence-corrected chi connectivity index (χ1v) is 7.07. The number of likely N-dealkylation sites (N-methyl/N-ethyl adjacent to an activating group) is 1. The molecule has 1 aliphatic rings. The van der Waals surface area contributed by atoms with Gasteiger partial charge < -0.3 is 10.1 Å². The minimum absolute atomic E-state index is 0.0573. The fourth-order valence-electron chi connectivity index (χ4n) is 3.11. The summed E-state index contributed by atoms with van der Waals surface area (Å²) < 4.78 is 7.21. The number of carbonyl (C=O) groups is 1. The lowest BCUT2D eigenvalue weighted by Gasteiger charge is -2.36. The SMILES string of the molecule is CNC(=O)C1(COC)CCCN1CCc1ccnn1C. The number of nitrogens with one attached hydrogen (secondary N) is 1. The van der Waals surface area contributed by atoms with E-state index < -0.39 is 5.54 Å². The van der Waals surface area contributed by atoms with E-state index in [-0.39, 0.29) is 5.91 Å². The zero-order valence-corrected chi connectivity index (χ0v) is 12.6. The van der Waals surface area contributed by atoms with Gasteiger partial charge in [-0.25, -0.2) is 0 Å². The second-order valence-corrected chi connectivity index (χ2v) is 5.33. The fraction of sp³-hybridized carbons (Fsp3) is 0.714. The fourth-order valence-corrected chi connectivity index (χ4v) is 3.11. The van der Waals surface area contributed by atoms with E-state index in [1.165, 1.54) is 5.69 Å². The predicted molar refractivity (Wildman–Crippen MR) is 76.4 cm³/mol. The molecule has 1 unspecified atom stereocenters. The number of amides is 1. The van der Waals surface area contributed by atoms with Crippen molar-refractivity contribution in [3.05, 3.63) is 18.0 Å². The number of rotatable bonds is 6. The van der Waals surface area contributed by atoms with Crippen molar-refractivity contribution in [1.29, 1.82) is 0 Å². The Morgan fingerprint density at radius 2 is 2.40 bits per heavy atom. The molecule has 1 aromatic rings. The first-order chi connectivity index (χ1) is 9.64. The zero-order chi connectivity index (χ0) is 14.6. The van der Waals surface area contributed by atoms with Crippen LogP contribution in [-0.2, 0) is 23.0 Å². The monoisotopic (exact) mass is 280 g/mol. The number of hydrogen-bond acceptors (Lipinski definition) is 4. The van der Waals surface area contributed by atoms with Gasteiger partial charge in [-0.15, -0.1) is 0 Å². The lowest BCUT2D eigenvalue weighted by atomic mass is 9.95. The maximum Gasteiger partial charge on any atom is 0.242 e. The Bertz CT molecular complexity index is 460. The van der Waals surface area contributed by atoms with E-state index in [1.807, 2.05) is 17.8 Å². The van der Waals surface area contributed by atoms with Gasteiger partial charge in [0.1, 0.15) is 5.54 Å². The smallest absolute Gasteiger partial charge is 0.242 e. The van der Waals surface area contributed by atoms with Crippen molar-refractivity contribution in [3.8, 4) is 0 Å². The summed E-state index contributed by atoms with van der Waals surface area (Å²) in [4.78, 5) is 14.6. The quantitative estimate of drug-likeness (QED) is 0.808. The molecule has 0 radical (unpaired) electrons. The number of methoxy groups -OCH3 is 1. The van der Waals surface area contributed by atoms with Crippen molar-refractivity contribution >= 4 is 5.91 Å². The van der Waals surface area contributed by atoms with Gasteiger partial charge in [0.15, 0.2) is 0 Å². The molecule has 0 bridgehead atoms. The molecule has 1 fully saturated rings. The minimum atomic E-state index is -0.512. The Labute approximate surface area is 120 Å². The number of ether oxygens (including phenoxy) is 1. The highest BCUT2D eigenvalue weighted by Crippen LogP contribution is 2.30. The molecule has 6 nitrogen and oxygen atoms in total. The standard InChI is InChI=1S/C14H24N4O2/c1-15-13(19)14(11-20-3)7-4-9-18(14)10-6-12-5-8-16-17(12)2/h5,8H,4,6-7,9-11H2,1-3H3,(H,15,19). The van der Waals surface area contributed by atoms with Crippen LogP contribution in [0.1, 0.15) is 18.5 Å². The molecular weight excluding hydrogens is 256 g/mol. The van der Waals surface area contributed by atoms with Gasteiger partial charge in [0.2, 0.25) is 5.91 Å². The van der Waals surface area contributed by atoms with Crippen molar-refractivity contribution in [3.63, 3.8) is 0 Å². The van der Waals surface area contributed by atoms with Crippen molar-refractivity contribution in [2.75, 3.05) is 33.9 Å². The maximum atomic E-state index is 12.3. The van der Waals surface area contributed by atoms with Crippen LogP contribution < -0.4 is 5.32 Å². The highest BCUT2D eigenvalue weighted by Gasteiger charge is 2.46. The third-order valence-corrected chi connectivity index (χ3v) is 4.22. The number of likely N-dealkylation sites (tertiary alicyclic amines) is 1. The van der Waals surface area contributed by atoms with Gasteiger partial charge in [0.25, 0.3) is 0 Å². The van der Waals surface area contributed by atoms with Crippen molar-refractivity contribution in [1.82, 2.24) is 20.0 Å². The molecule has 0 spiro atoms. The zero-order valence-electron chi connectivity index (χ0n) is 12.6. The van der Waals surface area contributed by atoms with Crippen LogP contribution in [0.4, 0.5) is 0 Å². The molecule has 1 amide bonds. The van der Waals surface area contributed by atoms with E-state index in [0.717, 1.165) is 32.4 Å². The van der Waals surface area contributed by atoms with Crippen LogP contribution in [0, 0.1) is 0 Å². The van der Waals surface area contributed by atoms with Crippen LogP contribution in [0.5, 0.6) is 0 Å². The van der Waals surface area contributed by atoms with Crippen LogP contribution in [-0.4, -0.2) is 60.0 Å². The average molecular weight is 280 g/mol. The Hall–Kier alpha value is -1.40. The summed E-state index contributed by atoms with van der Waals surface area (Å²) in [6.07, 6.45) is 4.58. The maximum absolute atomic E-state index is 12.3. The topological polar surface area (TPSA) is 59.4 Å². The molecule has 1 N–H and O–H groups in total. The van der Waals surface area contributed by atoms with Crippen molar-refractivity contribution in [2.24, 2.45) is 7.05 Å². The Morgan fingerprint density at radius 3 is 3.00 bits per heavy atom. The number of aromatic nitrogens is 2. The molecule has 1 atom stereocenters. The number of nitrogens with zero attached hydrogens (tertiary/aromatic N) is 3. The second-order valence-electron chi connectivity index (χ2n) is 5.33. The molecule has 2 rings (SSSR count). The van der Waals surface area contributed by atoms with Gasteiger partial charge in [-0.2, -0.15) is 5.10 Å². The normalized spacial score (nSPS) is 23.1. The minimum Gasteiger partial charge on any atom is -0.382 e. The highest BCUT2D eigenvalue weighted by molar-refractivity contribution is 5.86. The van der Waals surface area contributed by atoms with Gasteiger partial charge in [0, 0.05) is 46.1 Å². The molecule has 1 saturated heterocycles. The van der Waals surface area contributed by atoms with Crippen LogP contribution in [0.15, 0.2) is 12.3 Å². The molecule has 1 aliphatic heterocycles. The second kappa shape index (κ2) is 6.37. The summed E-state index contributed by atoms with van der Waals surface area (Å²) in [5.41, 5.74) is 0.669. The van der Waals surface area contributed by atoms with Crippen molar-refractivity contribution in [2.45, 2.75) is 24.8 Å². The Balaban J connectivity index is 2.08. The Morgan fingerprint density at radius 1 is 1.60 bits per heavy atom. The lowest BCUT2D eigenvalue weighted by Crippen LogP contribution is -2.58. The summed E-state index contributed by atoms with van der Waals surface area (Å²) in [5.74, 6) is 0.0573. The molecule has 112 valence electrons. The van der Waals surface area contributed by atoms with Crippen molar-refractivity contribution < 1.29 is 9.53 Å².